The topological polar surface area (TPSA) is 57.7 Å². The highest BCUT2D eigenvalue weighted by molar-refractivity contribution is 7.22. The Kier molecular flexibility index (Phi) is 6.72. The molecule has 6 nitrogen and oxygen atoms in total. The first-order valence-electron chi connectivity index (χ1n) is 10.2. The van der Waals surface area contributed by atoms with Crippen LogP contribution in [0.5, 0.6) is 5.75 Å². The van der Waals surface area contributed by atoms with E-state index in [0.717, 1.165) is 53.8 Å². The van der Waals surface area contributed by atoms with Crippen LogP contribution in [0.4, 0.5) is 5.13 Å². The summed E-state index contributed by atoms with van der Waals surface area (Å²) >= 11 is 7.58. The van der Waals surface area contributed by atoms with Crippen LogP contribution < -0.4 is 15.0 Å². The molecule has 4 rings (SSSR count). The number of hydrogen-bond donors (Lipinski definition) is 1. The molecular formula is C22H25ClN4O2S. The lowest BCUT2D eigenvalue weighted by molar-refractivity contribution is 0.0948. The zero-order valence-corrected chi connectivity index (χ0v) is 18.5. The highest BCUT2D eigenvalue weighted by Crippen LogP contribution is 2.31. The van der Waals surface area contributed by atoms with Gasteiger partial charge in [-0.15, -0.1) is 0 Å². The van der Waals surface area contributed by atoms with E-state index in [4.69, 9.17) is 21.3 Å². The number of halogens is 1. The van der Waals surface area contributed by atoms with Gasteiger partial charge in [0.1, 0.15) is 5.75 Å². The van der Waals surface area contributed by atoms with Crippen molar-refractivity contribution in [2.24, 2.45) is 0 Å². The SMILES string of the molecule is CCOc1ccc2nc(N3CCN(CCNC(=O)c4ccc(Cl)cc4)CC3)sc2c1. The van der Waals surface area contributed by atoms with Gasteiger partial charge in [-0.05, 0) is 49.4 Å². The summed E-state index contributed by atoms with van der Waals surface area (Å²) < 4.78 is 6.75. The van der Waals surface area contributed by atoms with Crippen LogP contribution in [0.3, 0.4) is 0 Å². The first kappa shape index (κ1) is 20.9. The summed E-state index contributed by atoms with van der Waals surface area (Å²) in [7, 11) is 0. The third-order valence-corrected chi connectivity index (χ3v) is 6.45. The number of fused-ring (bicyclic) bond motifs is 1. The van der Waals surface area contributed by atoms with E-state index in [9.17, 15) is 4.79 Å². The minimum Gasteiger partial charge on any atom is -0.494 e. The normalized spacial score (nSPS) is 14.8. The quantitative estimate of drug-likeness (QED) is 0.599. The minimum atomic E-state index is -0.0637. The lowest BCUT2D eigenvalue weighted by atomic mass is 10.2. The Morgan fingerprint density at radius 3 is 2.67 bits per heavy atom. The molecule has 0 bridgehead atoms. The number of aromatic nitrogens is 1. The smallest absolute Gasteiger partial charge is 0.251 e. The van der Waals surface area contributed by atoms with E-state index >= 15 is 0 Å². The maximum Gasteiger partial charge on any atom is 0.251 e. The molecule has 1 fully saturated rings. The standard InChI is InChI=1S/C22H25ClN4O2S/c1-2-29-18-7-8-19-20(15-18)30-22(25-19)27-13-11-26(12-14-27)10-9-24-21(28)16-3-5-17(23)6-4-16/h3-8,15H,2,9-14H2,1H3,(H,24,28). The van der Waals surface area contributed by atoms with Crippen molar-refractivity contribution in [3.63, 3.8) is 0 Å². The average molecular weight is 445 g/mol. The van der Waals surface area contributed by atoms with Gasteiger partial charge in [0.2, 0.25) is 0 Å². The van der Waals surface area contributed by atoms with Crippen molar-refractivity contribution in [3.05, 3.63) is 53.1 Å². The second-order valence-electron chi connectivity index (χ2n) is 7.15. The number of carbonyl (C=O) groups excluding carboxylic acids is 1. The van der Waals surface area contributed by atoms with Crippen molar-refractivity contribution in [2.45, 2.75) is 6.92 Å². The highest BCUT2D eigenvalue weighted by atomic mass is 35.5. The third kappa shape index (κ3) is 5.03. The zero-order chi connectivity index (χ0) is 20.9. The van der Waals surface area contributed by atoms with Crippen LogP contribution in [0.25, 0.3) is 10.2 Å². The van der Waals surface area contributed by atoms with Crippen molar-refractivity contribution in [1.29, 1.82) is 0 Å². The number of benzene rings is 2. The maximum atomic E-state index is 12.2. The Hall–Kier alpha value is -2.35. The van der Waals surface area contributed by atoms with Gasteiger partial charge in [-0.1, -0.05) is 22.9 Å². The average Bonchev–Trinajstić information content (AvgIpc) is 3.18. The Balaban J connectivity index is 1.25. The molecule has 0 radical (unpaired) electrons. The molecule has 1 aliphatic rings. The highest BCUT2D eigenvalue weighted by Gasteiger charge is 2.20. The molecular weight excluding hydrogens is 420 g/mol. The zero-order valence-electron chi connectivity index (χ0n) is 16.9. The van der Waals surface area contributed by atoms with Crippen LogP contribution in [0.1, 0.15) is 17.3 Å². The number of amides is 1. The molecule has 8 heteroatoms. The maximum absolute atomic E-state index is 12.2. The van der Waals surface area contributed by atoms with E-state index in [0.29, 0.717) is 23.7 Å². The number of ether oxygens (including phenoxy) is 1. The molecule has 2 aromatic carbocycles. The van der Waals surface area contributed by atoms with Crippen molar-refractivity contribution >= 4 is 44.2 Å². The Labute approximate surface area is 185 Å². The predicted octanol–water partition coefficient (Wildman–Crippen LogP) is 3.90. The number of piperazine rings is 1. The monoisotopic (exact) mass is 444 g/mol. The molecule has 0 atom stereocenters. The summed E-state index contributed by atoms with van der Waals surface area (Å²) in [6, 6.07) is 13.0. The van der Waals surface area contributed by atoms with Gasteiger partial charge < -0.3 is 15.0 Å². The first-order valence-corrected chi connectivity index (χ1v) is 11.4. The van der Waals surface area contributed by atoms with Crippen LogP contribution in [-0.2, 0) is 0 Å². The molecule has 158 valence electrons. The largest absolute Gasteiger partial charge is 0.494 e. The van der Waals surface area contributed by atoms with Crippen LogP contribution in [0, 0.1) is 0 Å². The van der Waals surface area contributed by atoms with Crippen LogP contribution in [-0.4, -0.2) is 61.7 Å². The fourth-order valence-corrected chi connectivity index (χ4v) is 4.65. The van der Waals surface area contributed by atoms with Gasteiger partial charge in [0.25, 0.3) is 5.91 Å². The molecule has 1 N–H and O–H groups in total. The molecule has 1 aromatic heterocycles. The minimum absolute atomic E-state index is 0.0637. The lowest BCUT2D eigenvalue weighted by Crippen LogP contribution is -2.48. The molecule has 0 unspecified atom stereocenters. The number of thiazole rings is 1. The van der Waals surface area contributed by atoms with E-state index in [2.05, 4.69) is 21.2 Å². The van der Waals surface area contributed by atoms with Crippen molar-refractivity contribution in [3.8, 4) is 5.75 Å². The number of carbonyl (C=O) groups is 1. The van der Waals surface area contributed by atoms with Gasteiger partial charge in [0.15, 0.2) is 5.13 Å². The van der Waals surface area contributed by atoms with E-state index in [1.165, 1.54) is 0 Å². The van der Waals surface area contributed by atoms with Crippen molar-refractivity contribution in [2.75, 3.05) is 50.8 Å². The molecule has 30 heavy (non-hydrogen) atoms. The molecule has 2 heterocycles. The summed E-state index contributed by atoms with van der Waals surface area (Å²) in [5, 5.41) is 4.68. The summed E-state index contributed by atoms with van der Waals surface area (Å²) in [4.78, 5) is 21.7. The number of anilines is 1. The van der Waals surface area contributed by atoms with Crippen LogP contribution >= 0.6 is 22.9 Å². The van der Waals surface area contributed by atoms with Gasteiger partial charge in [0, 0.05) is 49.9 Å². The van der Waals surface area contributed by atoms with Crippen molar-refractivity contribution in [1.82, 2.24) is 15.2 Å². The number of nitrogens with zero attached hydrogens (tertiary/aromatic N) is 3. The van der Waals surface area contributed by atoms with E-state index in [1.54, 1.807) is 35.6 Å². The van der Waals surface area contributed by atoms with Crippen LogP contribution in [0.15, 0.2) is 42.5 Å². The molecule has 0 saturated carbocycles. The molecule has 0 spiro atoms. The van der Waals surface area contributed by atoms with Gasteiger partial charge >= 0.3 is 0 Å². The molecule has 3 aromatic rings. The van der Waals surface area contributed by atoms with Crippen molar-refractivity contribution < 1.29 is 9.53 Å². The van der Waals surface area contributed by atoms with E-state index in [1.807, 2.05) is 19.1 Å². The summed E-state index contributed by atoms with van der Waals surface area (Å²) in [5.41, 5.74) is 1.65. The Bertz CT molecular complexity index is 1000. The predicted molar refractivity (Wildman–Crippen MR) is 123 cm³/mol. The molecule has 1 amide bonds. The second kappa shape index (κ2) is 9.64. The summed E-state index contributed by atoms with van der Waals surface area (Å²) in [6.07, 6.45) is 0. The molecule has 1 saturated heterocycles. The number of rotatable bonds is 7. The second-order valence-corrected chi connectivity index (χ2v) is 8.60. The summed E-state index contributed by atoms with van der Waals surface area (Å²) in [5.74, 6) is 0.830. The lowest BCUT2D eigenvalue weighted by Gasteiger charge is -2.34. The Morgan fingerprint density at radius 2 is 1.93 bits per heavy atom. The number of nitrogens with one attached hydrogen (secondary N) is 1. The van der Waals surface area contributed by atoms with Gasteiger partial charge in [-0.2, -0.15) is 0 Å². The van der Waals surface area contributed by atoms with E-state index in [-0.39, 0.29) is 5.91 Å². The Morgan fingerprint density at radius 1 is 1.17 bits per heavy atom. The fourth-order valence-electron chi connectivity index (χ4n) is 3.48. The summed E-state index contributed by atoms with van der Waals surface area (Å²) in [6.45, 7) is 7.90. The van der Waals surface area contributed by atoms with Gasteiger partial charge in [-0.25, -0.2) is 4.98 Å². The van der Waals surface area contributed by atoms with E-state index < -0.39 is 0 Å². The molecule has 1 aliphatic heterocycles. The van der Waals surface area contributed by atoms with Crippen LogP contribution in [0.2, 0.25) is 5.02 Å². The fraction of sp³-hybridized carbons (Fsp3) is 0.364. The third-order valence-electron chi connectivity index (χ3n) is 5.12. The first-order chi connectivity index (χ1) is 14.6. The number of hydrogen-bond acceptors (Lipinski definition) is 6. The molecule has 0 aliphatic carbocycles. The van der Waals surface area contributed by atoms with Gasteiger partial charge in [0.05, 0.1) is 16.8 Å². The van der Waals surface area contributed by atoms with Gasteiger partial charge in [-0.3, -0.25) is 9.69 Å².